The van der Waals surface area contributed by atoms with E-state index in [1.807, 2.05) is 30.6 Å². The second-order valence-electron chi connectivity index (χ2n) is 12.1. The maximum atomic E-state index is 5.13. The number of imidazole rings is 1. The minimum Gasteiger partial charge on any atom is -0.307 e. The summed E-state index contributed by atoms with van der Waals surface area (Å²) < 4.78 is 6.98. The lowest BCUT2D eigenvalue weighted by molar-refractivity contribution is 1.15. The van der Waals surface area contributed by atoms with E-state index in [2.05, 4.69) is 129 Å². The fourth-order valence-electron chi connectivity index (χ4n) is 7.77. The van der Waals surface area contributed by atoms with Gasteiger partial charge in [0.1, 0.15) is 16.8 Å². The maximum absolute atomic E-state index is 5.13. The summed E-state index contributed by atoms with van der Waals surface area (Å²) in [6.45, 7) is 0. The van der Waals surface area contributed by atoms with Crippen molar-refractivity contribution in [1.82, 2.24) is 28.5 Å². The minimum atomic E-state index is 0.814. The highest BCUT2D eigenvalue weighted by Gasteiger charge is 2.23. The number of para-hydroxylation sites is 3. The van der Waals surface area contributed by atoms with Gasteiger partial charge in [-0.3, -0.25) is 4.40 Å². The number of rotatable bonds is 2. The smallest absolute Gasteiger partial charge is 0.166 e. The molecule has 0 saturated carbocycles. The summed E-state index contributed by atoms with van der Waals surface area (Å²) in [6.07, 6.45) is 3.67. The van der Waals surface area contributed by atoms with Crippen LogP contribution in [0, 0.1) is 0 Å². The van der Waals surface area contributed by atoms with Crippen LogP contribution in [0.15, 0.2) is 146 Å². The van der Waals surface area contributed by atoms with Gasteiger partial charge in [-0.25, -0.2) is 15.0 Å². The summed E-state index contributed by atoms with van der Waals surface area (Å²) in [5.41, 5.74) is 10.3. The lowest BCUT2D eigenvalue weighted by atomic mass is 10.0. The molecule has 6 aromatic heterocycles. The zero-order valence-corrected chi connectivity index (χ0v) is 25.0. The Morgan fingerprint density at radius 3 is 1.77 bits per heavy atom. The quantitative estimate of drug-likeness (QED) is 0.186. The molecule has 6 heterocycles. The highest BCUT2D eigenvalue weighted by molar-refractivity contribution is 6.27. The first kappa shape index (κ1) is 24.8. The molecular formula is C41H24N6. The molecule has 0 spiro atoms. The van der Waals surface area contributed by atoms with Crippen LogP contribution in [0.1, 0.15) is 0 Å². The second-order valence-corrected chi connectivity index (χ2v) is 12.1. The SMILES string of the molecule is c1ccc(-n2c3ccccc3c3ccc4c5cc6c(cc5n(-c5ccccc5)c4c32)c2cccnc2n2c3ncccc3nc62)cc1. The Morgan fingerprint density at radius 2 is 1.00 bits per heavy atom. The van der Waals surface area contributed by atoms with Crippen LogP contribution in [-0.2, 0) is 0 Å². The molecule has 11 rings (SSSR count). The first-order valence-corrected chi connectivity index (χ1v) is 15.8. The molecule has 0 unspecified atom stereocenters. The summed E-state index contributed by atoms with van der Waals surface area (Å²) in [5.74, 6) is 0. The van der Waals surface area contributed by atoms with Crippen molar-refractivity contribution in [3.63, 3.8) is 0 Å². The fraction of sp³-hybridized carbons (Fsp3) is 0. The topological polar surface area (TPSA) is 52.9 Å². The van der Waals surface area contributed by atoms with Gasteiger partial charge in [0.05, 0.1) is 22.1 Å². The van der Waals surface area contributed by atoms with E-state index >= 15 is 0 Å². The summed E-state index contributed by atoms with van der Waals surface area (Å²) in [6, 6.07) is 47.6. The predicted molar refractivity (Wildman–Crippen MR) is 192 cm³/mol. The van der Waals surface area contributed by atoms with Crippen molar-refractivity contribution in [1.29, 1.82) is 0 Å². The predicted octanol–water partition coefficient (Wildman–Crippen LogP) is 9.78. The molecule has 6 nitrogen and oxygen atoms in total. The molecule has 5 aromatic carbocycles. The van der Waals surface area contributed by atoms with Gasteiger partial charge in [0.15, 0.2) is 5.65 Å². The van der Waals surface area contributed by atoms with Crippen LogP contribution in [0.2, 0.25) is 0 Å². The second kappa shape index (κ2) is 9.02. The molecular weight excluding hydrogens is 576 g/mol. The van der Waals surface area contributed by atoms with E-state index in [0.717, 1.165) is 55.5 Å². The van der Waals surface area contributed by atoms with Gasteiger partial charge in [-0.05, 0) is 72.1 Å². The summed E-state index contributed by atoms with van der Waals surface area (Å²) in [4.78, 5) is 14.7. The van der Waals surface area contributed by atoms with Crippen molar-refractivity contribution in [3.8, 4) is 11.4 Å². The Balaban J connectivity index is 1.42. The molecule has 6 heteroatoms. The molecule has 218 valence electrons. The van der Waals surface area contributed by atoms with Gasteiger partial charge >= 0.3 is 0 Å². The lowest BCUT2D eigenvalue weighted by Crippen LogP contribution is -1.98. The average Bonchev–Trinajstić information content (AvgIpc) is 3.80. The van der Waals surface area contributed by atoms with E-state index in [-0.39, 0.29) is 0 Å². The number of fused-ring (bicyclic) bond motifs is 15. The van der Waals surface area contributed by atoms with Crippen LogP contribution >= 0.6 is 0 Å². The first-order chi connectivity index (χ1) is 23.3. The standard InChI is InChI=1S/C41H24N6/c1-3-11-25(12-4-1)45-35-18-8-7-15-27(35)28-19-20-29-32-23-33-31(24-36(32)46(38(29)37(28)45)26-13-5-2-6-14-26)30-16-9-21-42-39(30)47-40(33)44-34-17-10-22-43-41(34)47/h1-24H. The highest BCUT2D eigenvalue weighted by atomic mass is 15.1. The third-order valence-electron chi connectivity index (χ3n) is 9.67. The van der Waals surface area contributed by atoms with Crippen LogP contribution in [0.25, 0.3) is 93.6 Å². The number of aromatic nitrogens is 6. The van der Waals surface area contributed by atoms with E-state index in [4.69, 9.17) is 15.0 Å². The fourth-order valence-corrected chi connectivity index (χ4v) is 7.77. The summed E-state index contributed by atoms with van der Waals surface area (Å²) in [5, 5.41) is 8.08. The molecule has 0 saturated heterocycles. The van der Waals surface area contributed by atoms with Crippen molar-refractivity contribution < 1.29 is 0 Å². The Bertz CT molecular complexity index is 3060. The Kier molecular flexibility index (Phi) is 4.75. The van der Waals surface area contributed by atoms with Crippen molar-refractivity contribution in [2.75, 3.05) is 0 Å². The Hall–Kier alpha value is -6.53. The Labute approximate surface area is 267 Å². The molecule has 11 aromatic rings. The van der Waals surface area contributed by atoms with Crippen LogP contribution in [-0.4, -0.2) is 28.5 Å². The van der Waals surface area contributed by atoms with Crippen LogP contribution in [0.5, 0.6) is 0 Å². The van der Waals surface area contributed by atoms with E-state index in [9.17, 15) is 0 Å². The van der Waals surface area contributed by atoms with Crippen molar-refractivity contribution in [2.45, 2.75) is 0 Å². The zero-order chi connectivity index (χ0) is 30.6. The number of hydrogen-bond donors (Lipinski definition) is 0. The van der Waals surface area contributed by atoms with Crippen molar-refractivity contribution in [3.05, 3.63) is 146 Å². The molecule has 0 atom stereocenters. The molecule has 0 amide bonds. The van der Waals surface area contributed by atoms with Gasteiger partial charge in [-0.15, -0.1) is 0 Å². The van der Waals surface area contributed by atoms with Gasteiger partial charge in [0, 0.05) is 56.1 Å². The van der Waals surface area contributed by atoms with Gasteiger partial charge in [0.25, 0.3) is 0 Å². The molecule has 0 aliphatic carbocycles. The Morgan fingerprint density at radius 1 is 0.383 bits per heavy atom. The number of hydrogen-bond acceptors (Lipinski definition) is 3. The van der Waals surface area contributed by atoms with Crippen molar-refractivity contribution >= 4 is 82.2 Å². The molecule has 0 bridgehead atoms. The minimum absolute atomic E-state index is 0.814. The van der Waals surface area contributed by atoms with E-state index < -0.39 is 0 Å². The summed E-state index contributed by atoms with van der Waals surface area (Å²) >= 11 is 0. The molecule has 0 N–H and O–H groups in total. The third kappa shape index (κ3) is 3.21. The number of nitrogens with zero attached hydrogens (tertiary/aromatic N) is 6. The molecule has 47 heavy (non-hydrogen) atoms. The molecule has 0 aliphatic rings. The maximum Gasteiger partial charge on any atom is 0.166 e. The monoisotopic (exact) mass is 600 g/mol. The van der Waals surface area contributed by atoms with E-state index in [0.29, 0.717) is 0 Å². The number of benzene rings is 5. The lowest BCUT2D eigenvalue weighted by Gasteiger charge is -2.13. The summed E-state index contributed by atoms with van der Waals surface area (Å²) in [7, 11) is 0. The van der Waals surface area contributed by atoms with Gasteiger partial charge in [-0.2, -0.15) is 0 Å². The van der Waals surface area contributed by atoms with E-state index in [1.54, 1.807) is 0 Å². The molecule has 0 radical (unpaired) electrons. The van der Waals surface area contributed by atoms with Gasteiger partial charge < -0.3 is 9.13 Å². The van der Waals surface area contributed by atoms with Crippen molar-refractivity contribution in [2.24, 2.45) is 0 Å². The third-order valence-corrected chi connectivity index (χ3v) is 9.67. The molecule has 0 aliphatic heterocycles. The average molecular weight is 601 g/mol. The van der Waals surface area contributed by atoms with Crippen LogP contribution in [0.3, 0.4) is 0 Å². The van der Waals surface area contributed by atoms with Gasteiger partial charge in [0.2, 0.25) is 0 Å². The van der Waals surface area contributed by atoms with Gasteiger partial charge in [-0.1, -0.05) is 66.7 Å². The largest absolute Gasteiger partial charge is 0.307 e. The first-order valence-electron chi connectivity index (χ1n) is 15.8. The zero-order valence-electron chi connectivity index (χ0n) is 25.0. The van der Waals surface area contributed by atoms with Crippen LogP contribution in [0.4, 0.5) is 0 Å². The van der Waals surface area contributed by atoms with Crippen LogP contribution < -0.4 is 0 Å². The highest BCUT2D eigenvalue weighted by Crippen LogP contribution is 2.44. The molecule has 0 fully saturated rings. The number of pyridine rings is 3. The normalized spacial score (nSPS) is 12.3. The van der Waals surface area contributed by atoms with E-state index in [1.165, 1.54) is 38.1 Å².